The van der Waals surface area contributed by atoms with E-state index >= 15 is 0 Å². The van der Waals surface area contributed by atoms with Gasteiger partial charge in [-0.25, -0.2) is 4.79 Å². The minimum atomic E-state index is -0.241. The predicted molar refractivity (Wildman–Crippen MR) is 104 cm³/mol. The predicted octanol–water partition coefficient (Wildman–Crippen LogP) is 6.43. The SMILES string of the molecule is CCCCCCCCCCCCCCCC=C(C)C(=O)ON(C)C. The molecular formula is C21H41NO2. The van der Waals surface area contributed by atoms with Gasteiger partial charge in [-0.05, 0) is 19.8 Å². The van der Waals surface area contributed by atoms with E-state index in [1.165, 1.54) is 88.5 Å². The van der Waals surface area contributed by atoms with Crippen LogP contribution < -0.4 is 0 Å². The van der Waals surface area contributed by atoms with Crippen molar-refractivity contribution in [2.45, 2.75) is 104 Å². The Labute approximate surface area is 150 Å². The summed E-state index contributed by atoms with van der Waals surface area (Å²) in [5.41, 5.74) is 0.711. The normalized spacial score (nSPS) is 12.0. The van der Waals surface area contributed by atoms with E-state index in [1.807, 2.05) is 13.0 Å². The molecule has 0 fully saturated rings. The van der Waals surface area contributed by atoms with Crippen molar-refractivity contribution in [3.8, 4) is 0 Å². The Kier molecular flexibility index (Phi) is 16.4. The maximum absolute atomic E-state index is 11.6. The first-order chi connectivity index (χ1) is 11.6. The van der Waals surface area contributed by atoms with E-state index in [-0.39, 0.29) is 5.97 Å². The van der Waals surface area contributed by atoms with Gasteiger partial charge in [0.25, 0.3) is 0 Å². The molecule has 0 aliphatic heterocycles. The summed E-state index contributed by atoms with van der Waals surface area (Å²) < 4.78 is 0. The van der Waals surface area contributed by atoms with Crippen molar-refractivity contribution < 1.29 is 9.63 Å². The summed E-state index contributed by atoms with van der Waals surface area (Å²) in [6.07, 6.45) is 20.8. The molecule has 0 bridgehead atoms. The lowest BCUT2D eigenvalue weighted by atomic mass is 10.0. The maximum Gasteiger partial charge on any atom is 0.352 e. The van der Waals surface area contributed by atoms with E-state index < -0.39 is 0 Å². The lowest BCUT2D eigenvalue weighted by molar-refractivity contribution is -0.172. The second kappa shape index (κ2) is 17.0. The lowest BCUT2D eigenvalue weighted by Gasteiger charge is -2.09. The molecule has 3 nitrogen and oxygen atoms in total. The molecule has 0 saturated heterocycles. The standard InChI is InChI=1S/C21H41NO2/c1-5-6-7-8-9-10-11-12-13-14-15-16-17-18-19-20(2)21(23)24-22(3)4/h19H,5-18H2,1-4H3. The molecule has 0 aliphatic carbocycles. The zero-order valence-corrected chi connectivity index (χ0v) is 16.7. The molecule has 0 aromatic carbocycles. The molecule has 0 aliphatic rings. The molecule has 0 N–H and O–H groups in total. The van der Waals surface area contributed by atoms with Crippen LogP contribution in [0.25, 0.3) is 0 Å². The molecule has 0 atom stereocenters. The van der Waals surface area contributed by atoms with Crippen LogP contribution in [0.15, 0.2) is 11.6 Å². The Morgan fingerprint density at radius 3 is 1.62 bits per heavy atom. The number of hydroxylamine groups is 2. The molecule has 0 radical (unpaired) electrons. The third kappa shape index (κ3) is 16.0. The summed E-state index contributed by atoms with van der Waals surface area (Å²) in [6.45, 7) is 4.10. The van der Waals surface area contributed by atoms with Gasteiger partial charge < -0.3 is 4.84 Å². The highest BCUT2D eigenvalue weighted by molar-refractivity contribution is 5.87. The van der Waals surface area contributed by atoms with Crippen molar-refractivity contribution in [2.24, 2.45) is 0 Å². The number of unbranched alkanes of at least 4 members (excludes halogenated alkanes) is 13. The first-order valence-electron chi connectivity index (χ1n) is 10.1. The Morgan fingerprint density at radius 1 is 0.792 bits per heavy atom. The number of carbonyl (C=O) groups excluding carboxylic acids is 1. The Bertz CT molecular complexity index is 324. The van der Waals surface area contributed by atoms with Crippen LogP contribution in [-0.4, -0.2) is 25.1 Å². The minimum Gasteiger partial charge on any atom is -0.365 e. The van der Waals surface area contributed by atoms with Crippen molar-refractivity contribution in [3.63, 3.8) is 0 Å². The summed E-state index contributed by atoms with van der Waals surface area (Å²) in [5.74, 6) is -0.241. The van der Waals surface area contributed by atoms with Crippen molar-refractivity contribution in [1.82, 2.24) is 5.06 Å². The summed E-state index contributed by atoms with van der Waals surface area (Å²) in [4.78, 5) is 16.6. The molecule has 0 aromatic rings. The molecule has 0 saturated carbocycles. The van der Waals surface area contributed by atoms with Gasteiger partial charge in [0.1, 0.15) is 0 Å². The van der Waals surface area contributed by atoms with Crippen LogP contribution in [0.4, 0.5) is 0 Å². The highest BCUT2D eigenvalue weighted by Crippen LogP contribution is 2.13. The van der Waals surface area contributed by atoms with Gasteiger partial charge in [0.2, 0.25) is 0 Å². The second-order valence-electron chi connectivity index (χ2n) is 7.11. The van der Waals surface area contributed by atoms with Gasteiger partial charge in [-0.15, -0.1) is 5.06 Å². The summed E-state index contributed by atoms with van der Waals surface area (Å²) in [6, 6.07) is 0. The van der Waals surface area contributed by atoms with Crippen LogP contribution in [0, 0.1) is 0 Å². The maximum atomic E-state index is 11.6. The van der Waals surface area contributed by atoms with Crippen LogP contribution in [0.5, 0.6) is 0 Å². The smallest absolute Gasteiger partial charge is 0.352 e. The zero-order chi connectivity index (χ0) is 18.0. The molecule has 3 heteroatoms. The van der Waals surface area contributed by atoms with Crippen molar-refractivity contribution in [1.29, 1.82) is 0 Å². The fourth-order valence-electron chi connectivity index (χ4n) is 2.80. The highest BCUT2D eigenvalue weighted by Gasteiger charge is 2.06. The van der Waals surface area contributed by atoms with E-state index in [0.29, 0.717) is 5.57 Å². The highest BCUT2D eigenvalue weighted by atomic mass is 16.7. The van der Waals surface area contributed by atoms with Crippen molar-refractivity contribution in [2.75, 3.05) is 14.1 Å². The molecule has 0 rings (SSSR count). The second-order valence-corrected chi connectivity index (χ2v) is 7.11. The van der Waals surface area contributed by atoms with Gasteiger partial charge in [0.05, 0.1) is 0 Å². The molecule has 0 spiro atoms. The molecule has 24 heavy (non-hydrogen) atoms. The van der Waals surface area contributed by atoms with Crippen molar-refractivity contribution >= 4 is 5.97 Å². The van der Waals surface area contributed by atoms with Crippen LogP contribution in [0.3, 0.4) is 0 Å². The van der Waals surface area contributed by atoms with Crippen LogP contribution >= 0.6 is 0 Å². The van der Waals surface area contributed by atoms with E-state index in [1.54, 1.807) is 14.1 Å². The van der Waals surface area contributed by atoms with Gasteiger partial charge in [0, 0.05) is 19.7 Å². The Balaban J connectivity index is 3.32. The number of nitrogens with zero attached hydrogens (tertiary/aromatic N) is 1. The molecule has 0 amide bonds. The van der Waals surface area contributed by atoms with Gasteiger partial charge in [-0.2, -0.15) is 0 Å². The third-order valence-corrected chi connectivity index (χ3v) is 4.35. The minimum absolute atomic E-state index is 0.241. The molecular weight excluding hydrogens is 298 g/mol. The Morgan fingerprint density at radius 2 is 1.21 bits per heavy atom. The fourth-order valence-corrected chi connectivity index (χ4v) is 2.80. The Hall–Kier alpha value is -0.830. The zero-order valence-electron chi connectivity index (χ0n) is 16.7. The van der Waals surface area contributed by atoms with Gasteiger partial charge >= 0.3 is 5.97 Å². The first-order valence-corrected chi connectivity index (χ1v) is 10.1. The van der Waals surface area contributed by atoms with Gasteiger partial charge in [-0.1, -0.05) is 90.0 Å². The van der Waals surface area contributed by atoms with E-state index in [0.717, 1.165) is 6.42 Å². The average Bonchev–Trinajstić information content (AvgIpc) is 2.54. The first kappa shape index (κ1) is 23.2. The quantitative estimate of drug-likeness (QED) is 0.184. The third-order valence-electron chi connectivity index (χ3n) is 4.35. The van der Waals surface area contributed by atoms with Gasteiger partial charge in [0.15, 0.2) is 0 Å². The van der Waals surface area contributed by atoms with E-state index in [2.05, 4.69) is 6.92 Å². The van der Waals surface area contributed by atoms with Crippen molar-refractivity contribution in [3.05, 3.63) is 11.6 Å². The number of hydrogen-bond donors (Lipinski definition) is 0. The number of carbonyl (C=O) groups is 1. The topological polar surface area (TPSA) is 29.5 Å². The number of hydrogen-bond acceptors (Lipinski definition) is 3. The van der Waals surface area contributed by atoms with Crippen LogP contribution in [0.2, 0.25) is 0 Å². The fraction of sp³-hybridized carbons (Fsp3) is 0.857. The molecule has 0 heterocycles. The summed E-state index contributed by atoms with van der Waals surface area (Å²) in [7, 11) is 3.44. The largest absolute Gasteiger partial charge is 0.365 e. The molecule has 142 valence electrons. The van der Waals surface area contributed by atoms with E-state index in [4.69, 9.17) is 4.84 Å². The average molecular weight is 340 g/mol. The van der Waals surface area contributed by atoms with Crippen LogP contribution in [-0.2, 0) is 9.63 Å². The number of allylic oxidation sites excluding steroid dienone is 1. The van der Waals surface area contributed by atoms with Gasteiger partial charge in [-0.3, -0.25) is 0 Å². The van der Waals surface area contributed by atoms with E-state index in [9.17, 15) is 4.79 Å². The number of rotatable bonds is 16. The summed E-state index contributed by atoms with van der Waals surface area (Å²) >= 11 is 0. The lowest BCUT2D eigenvalue weighted by Crippen LogP contribution is -2.19. The molecule has 0 aromatic heterocycles. The summed E-state index contributed by atoms with van der Waals surface area (Å²) in [5, 5.41) is 1.44. The monoisotopic (exact) mass is 339 g/mol. The van der Waals surface area contributed by atoms with Crippen LogP contribution in [0.1, 0.15) is 104 Å². The molecule has 0 unspecified atom stereocenters.